The van der Waals surface area contributed by atoms with E-state index in [1.807, 2.05) is 35.2 Å². The van der Waals surface area contributed by atoms with Crippen molar-refractivity contribution in [3.63, 3.8) is 0 Å². The lowest BCUT2D eigenvalue weighted by Crippen LogP contribution is -2.43. The summed E-state index contributed by atoms with van der Waals surface area (Å²) < 4.78 is 5.65. The molecule has 28 heavy (non-hydrogen) atoms. The van der Waals surface area contributed by atoms with Gasteiger partial charge in [0.05, 0.1) is 6.04 Å². The van der Waals surface area contributed by atoms with E-state index < -0.39 is 0 Å². The summed E-state index contributed by atoms with van der Waals surface area (Å²) in [7, 11) is 0. The number of piperazine rings is 1. The van der Waals surface area contributed by atoms with Gasteiger partial charge < -0.3 is 19.9 Å². The number of anilines is 1. The van der Waals surface area contributed by atoms with E-state index in [2.05, 4.69) is 28.4 Å². The molecule has 2 saturated heterocycles. The van der Waals surface area contributed by atoms with Gasteiger partial charge in [-0.1, -0.05) is 36.4 Å². The summed E-state index contributed by atoms with van der Waals surface area (Å²) in [6, 6.07) is 16.9. The predicted molar refractivity (Wildman–Crippen MR) is 110 cm³/mol. The van der Waals surface area contributed by atoms with Crippen LogP contribution in [0.1, 0.15) is 41.5 Å². The van der Waals surface area contributed by atoms with E-state index in [1.54, 1.807) is 0 Å². The predicted octanol–water partition coefficient (Wildman–Crippen LogP) is 3.67. The largest absolute Gasteiger partial charge is 0.445 e. The van der Waals surface area contributed by atoms with E-state index in [0.717, 1.165) is 51.1 Å². The van der Waals surface area contributed by atoms with Crippen LogP contribution < -0.4 is 10.2 Å². The first-order valence-corrected chi connectivity index (χ1v) is 10.4. The molecule has 0 saturated carbocycles. The molecule has 146 valence electrons. The first-order chi connectivity index (χ1) is 13.8. The lowest BCUT2D eigenvalue weighted by molar-refractivity contribution is 0.0694. The Morgan fingerprint density at radius 3 is 2.68 bits per heavy atom. The summed E-state index contributed by atoms with van der Waals surface area (Å²) in [5.41, 5.74) is 5.07. The van der Waals surface area contributed by atoms with Gasteiger partial charge in [-0.05, 0) is 47.6 Å². The minimum atomic E-state index is -0.187. The normalized spacial score (nSPS) is 23.4. The molecule has 5 rings (SSSR count). The number of benzene rings is 2. The van der Waals surface area contributed by atoms with Gasteiger partial charge in [-0.15, -0.1) is 0 Å². The molecule has 2 atom stereocenters. The van der Waals surface area contributed by atoms with E-state index in [0.29, 0.717) is 12.5 Å². The molecule has 0 aromatic heterocycles. The van der Waals surface area contributed by atoms with Gasteiger partial charge in [0.1, 0.15) is 6.61 Å². The highest BCUT2D eigenvalue weighted by Crippen LogP contribution is 2.50. The number of ether oxygens (including phenoxy) is 1. The van der Waals surface area contributed by atoms with Gasteiger partial charge in [-0.3, -0.25) is 0 Å². The van der Waals surface area contributed by atoms with Crippen LogP contribution in [0.5, 0.6) is 0 Å². The minimum absolute atomic E-state index is 0.153. The summed E-state index contributed by atoms with van der Waals surface area (Å²) in [4.78, 5) is 17.2. The van der Waals surface area contributed by atoms with Crippen molar-refractivity contribution in [2.75, 3.05) is 37.6 Å². The number of piperidine rings is 1. The molecule has 0 spiro atoms. The molecular weight excluding hydrogens is 350 g/mol. The number of fused-ring (bicyclic) bond motifs is 5. The van der Waals surface area contributed by atoms with Gasteiger partial charge >= 0.3 is 6.09 Å². The third-order valence-corrected chi connectivity index (χ3v) is 6.39. The molecular formula is C23H27N3O2. The third kappa shape index (κ3) is 3.24. The van der Waals surface area contributed by atoms with Crippen molar-refractivity contribution in [3.8, 4) is 0 Å². The molecule has 2 aromatic rings. The zero-order valence-corrected chi connectivity index (χ0v) is 16.1. The first kappa shape index (κ1) is 17.6. The van der Waals surface area contributed by atoms with Crippen LogP contribution in [0, 0.1) is 0 Å². The van der Waals surface area contributed by atoms with Crippen LogP contribution in [0.3, 0.4) is 0 Å². The van der Waals surface area contributed by atoms with E-state index in [9.17, 15) is 4.79 Å². The van der Waals surface area contributed by atoms with E-state index in [4.69, 9.17) is 4.74 Å². The zero-order valence-electron chi connectivity index (χ0n) is 16.1. The number of nitrogens with one attached hydrogen (secondary N) is 1. The van der Waals surface area contributed by atoms with Crippen LogP contribution in [0.2, 0.25) is 0 Å². The Morgan fingerprint density at radius 1 is 1.04 bits per heavy atom. The fourth-order valence-corrected chi connectivity index (χ4v) is 4.91. The number of nitrogens with zero attached hydrogens (tertiary/aromatic N) is 2. The van der Waals surface area contributed by atoms with Crippen LogP contribution in [-0.4, -0.2) is 43.7 Å². The van der Waals surface area contributed by atoms with E-state index in [1.165, 1.54) is 16.8 Å². The molecule has 2 heterocycles. The number of likely N-dealkylation sites (tertiary alicyclic amines) is 1. The fourth-order valence-electron chi connectivity index (χ4n) is 4.91. The maximum absolute atomic E-state index is 12.8. The van der Waals surface area contributed by atoms with E-state index >= 15 is 0 Å². The van der Waals surface area contributed by atoms with Gasteiger partial charge in [0, 0.05) is 38.4 Å². The number of carbonyl (C=O) groups excluding carboxylic acids is 1. The number of carbonyl (C=O) groups is 1. The number of hydrogen-bond acceptors (Lipinski definition) is 4. The maximum Gasteiger partial charge on any atom is 0.410 e. The summed E-state index contributed by atoms with van der Waals surface area (Å²) >= 11 is 0. The highest BCUT2D eigenvalue weighted by Gasteiger charge is 2.41. The van der Waals surface area contributed by atoms with Crippen LogP contribution in [-0.2, 0) is 11.3 Å². The first-order valence-electron chi connectivity index (χ1n) is 10.4. The van der Waals surface area contributed by atoms with E-state index in [-0.39, 0.29) is 12.1 Å². The van der Waals surface area contributed by atoms with Gasteiger partial charge in [0.2, 0.25) is 0 Å². The number of rotatable bonds is 3. The van der Waals surface area contributed by atoms with Crippen LogP contribution in [0.15, 0.2) is 48.5 Å². The van der Waals surface area contributed by atoms with Crippen LogP contribution in [0.4, 0.5) is 10.5 Å². The second kappa shape index (κ2) is 7.47. The zero-order chi connectivity index (χ0) is 18.9. The molecule has 1 N–H and O–H groups in total. The van der Waals surface area contributed by atoms with Crippen molar-refractivity contribution in [1.82, 2.24) is 10.2 Å². The monoisotopic (exact) mass is 377 g/mol. The third-order valence-electron chi connectivity index (χ3n) is 6.39. The van der Waals surface area contributed by atoms with Crippen LogP contribution >= 0.6 is 0 Å². The van der Waals surface area contributed by atoms with Crippen LogP contribution in [0.25, 0.3) is 0 Å². The average molecular weight is 377 g/mol. The standard InChI is InChI=1S/C23H27N3O2/c27-23(28-16-17-4-2-1-3-5-17)26-11-8-18-14-22(26)21-15-19(6-7-20(18)21)25-12-9-24-10-13-25/h1-7,15,18,22,24H,8-14,16H2/t18-,22-/m1/s1. The Bertz CT molecular complexity index is 848. The summed E-state index contributed by atoms with van der Waals surface area (Å²) in [5, 5.41) is 3.41. The second-order valence-electron chi connectivity index (χ2n) is 8.02. The SMILES string of the molecule is O=C(OCc1ccccc1)N1CC[C@@H]2C[C@@H]1c1cc(N3CCNCC3)ccc12. The van der Waals surface area contributed by atoms with Gasteiger partial charge in [-0.25, -0.2) is 4.79 Å². The highest BCUT2D eigenvalue weighted by molar-refractivity contribution is 5.70. The van der Waals surface area contributed by atoms with Crippen molar-refractivity contribution in [3.05, 3.63) is 65.2 Å². The van der Waals surface area contributed by atoms with Crippen molar-refractivity contribution < 1.29 is 9.53 Å². The lowest BCUT2D eigenvalue weighted by Gasteiger charge is -2.33. The smallest absolute Gasteiger partial charge is 0.410 e. The molecule has 5 nitrogen and oxygen atoms in total. The average Bonchev–Trinajstić information content (AvgIpc) is 3.05. The van der Waals surface area contributed by atoms with Gasteiger partial charge in [0.15, 0.2) is 0 Å². The summed E-state index contributed by atoms with van der Waals surface area (Å²) in [5.74, 6) is 0.579. The van der Waals surface area contributed by atoms with Crippen molar-refractivity contribution in [1.29, 1.82) is 0 Å². The molecule has 3 aliphatic rings. The lowest BCUT2D eigenvalue weighted by atomic mass is 9.96. The Balaban J connectivity index is 1.33. The molecule has 0 unspecified atom stereocenters. The van der Waals surface area contributed by atoms with Crippen molar-refractivity contribution in [2.24, 2.45) is 0 Å². The molecule has 2 aromatic carbocycles. The topological polar surface area (TPSA) is 44.8 Å². The molecule has 2 fully saturated rings. The number of hydrogen-bond donors (Lipinski definition) is 1. The van der Waals surface area contributed by atoms with Crippen molar-refractivity contribution in [2.45, 2.75) is 31.4 Å². The molecule has 5 heteroatoms. The van der Waals surface area contributed by atoms with Crippen molar-refractivity contribution >= 4 is 11.8 Å². The number of amides is 1. The highest BCUT2D eigenvalue weighted by atomic mass is 16.6. The van der Waals surface area contributed by atoms with Gasteiger partial charge in [-0.2, -0.15) is 0 Å². The molecule has 2 aliphatic heterocycles. The Labute approximate surface area is 166 Å². The summed E-state index contributed by atoms with van der Waals surface area (Å²) in [6.45, 7) is 5.24. The van der Waals surface area contributed by atoms with Gasteiger partial charge in [0.25, 0.3) is 0 Å². The maximum atomic E-state index is 12.8. The second-order valence-corrected chi connectivity index (χ2v) is 8.02. The minimum Gasteiger partial charge on any atom is -0.445 e. The molecule has 2 bridgehead atoms. The fraction of sp³-hybridized carbons (Fsp3) is 0.435. The quantitative estimate of drug-likeness (QED) is 0.887. The molecule has 1 aliphatic carbocycles. The molecule has 0 radical (unpaired) electrons. The Hall–Kier alpha value is -2.53. The Morgan fingerprint density at radius 2 is 1.86 bits per heavy atom. The molecule has 1 amide bonds. The summed E-state index contributed by atoms with van der Waals surface area (Å²) in [6.07, 6.45) is 1.87. The Kier molecular flexibility index (Phi) is 4.69.